The zero-order valence-electron chi connectivity index (χ0n) is 10.6. The van der Waals surface area contributed by atoms with Gasteiger partial charge in [-0.1, -0.05) is 12.2 Å². The van der Waals surface area contributed by atoms with Crippen LogP contribution in [0.5, 0.6) is 5.75 Å². The fourth-order valence-electron chi connectivity index (χ4n) is 1.98. The van der Waals surface area contributed by atoms with Crippen molar-refractivity contribution in [3.63, 3.8) is 0 Å². The third-order valence-electron chi connectivity index (χ3n) is 3.11. The average molecular weight is 280 g/mol. The van der Waals surface area contributed by atoms with Crippen molar-refractivity contribution in [3.8, 4) is 5.75 Å². The molecular weight excluding hydrogens is 264 g/mol. The van der Waals surface area contributed by atoms with Gasteiger partial charge in [-0.3, -0.25) is 4.79 Å². The average Bonchev–Trinajstić information content (AvgIpc) is 2.41. The lowest BCUT2D eigenvalue weighted by atomic mass is 10.1. The lowest BCUT2D eigenvalue weighted by molar-refractivity contribution is 0.00878. The number of rotatable bonds is 2. The summed E-state index contributed by atoms with van der Waals surface area (Å²) in [5, 5.41) is 9.47. The number of hydrogen-bond donors (Lipinski definition) is 2. The Hall–Kier alpha value is -1.66. The van der Waals surface area contributed by atoms with Gasteiger partial charge in [0.2, 0.25) is 0 Å². The summed E-state index contributed by atoms with van der Waals surface area (Å²) in [5.74, 6) is 0.0761. The van der Waals surface area contributed by atoms with Crippen molar-refractivity contribution in [1.29, 1.82) is 0 Å². The number of amides is 1. The van der Waals surface area contributed by atoms with E-state index in [-0.39, 0.29) is 22.7 Å². The van der Waals surface area contributed by atoms with E-state index in [4.69, 9.17) is 22.7 Å². The molecule has 6 heteroatoms. The zero-order chi connectivity index (χ0) is 14.0. The molecule has 1 saturated heterocycles. The molecule has 1 heterocycles. The number of benzene rings is 1. The van der Waals surface area contributed by atoms with Crippen molar-refractivity contribution in [3.05, 3.63) is 29.3 Å². The van der Waals surface area contributed by atoms with Crippen LogP contribution in [-0.4, -0.2) is 46.7 Å². The standard InChI is InChI=1S/C13H16N2O3S/c1-8-6-9(2-3-10(8)16)13(17)15-4-5-18-11(7-15)12(14)19/h2-3,6,11,16H,4-5,7H2,1H3,(H2,14,19). The number of nitrogens with two attached hydrogens (primary N) is 1. The van der Waals surface area contributed by atoms with Gasteiger partial charge in [0.05, 0.1) is 13.2 Å². The van der Waals surface area contributed by atoms with Crippen LogP contribution >= 0.6 is 12.2 Å². The van der Waals surface area contributed by atoms with Crippen molar-refractivity contribution < 1.29 is 14.6 Å². The van der Waals surface area contributed by atoms with Crippen LogP contribution in [0, 0.1) is 6.92 Å². The Morgan fingerprint density at radius 2 is 2.32 bits per heavy atom. The van der Waals surface area contributed by atoms with Gasteiger partial charge in [-0.25, -0.2) is 0 Å². The van der Waals surface area contributed by atoms with Gasteiger partial charge in [0.25, 0.3) is 5.91 Å². The summed E-state index contributed by atoms with van der Waals surface area (Å²) in [7, 11) is 0. The van der Waals surface area contributed by atoms with Crippen LogP contribution < -0.4 is 5.73 Å². The third-order valence-corrected chi connectivity index (χ3v) is 3.38. The van der Waals surface area contributed by atoms with Crippen LogP contribution in [0.4, 0.5) is 0 Å². The van der Waals surface area contributed by atoms with Crippen LogP contribution in [0.25, 0.3) is 0 Å². The van der Waals surface area contributed by atoms with Crippen LogP contribution in [-0.2, 0) is 4.74 Å². The van der Waals surface area contributed by atoms with Crippen molar-refractivity contribution in [2.75, 3.05) is 19.7 Å². The first-order valence-electron chi connectivity index (χ1n) is 5.99. The van der Waals surface area contributed by atoms with Crippen molar-refractivity contribution >= 4 is 23.1 Å². The zero-order valence-corrected chi connectivity index (χ0v) is 11.4. The second kappa shape index (κ2) is 5.54. The first-order valence-corrected chi connectivity index (χ1v) is 6.39. The van der Waals surface area contributed by atoms with E-state index in [9.17, 15) is 9.90 Å². The molecule has 102 valence electrons. The van der Waals surface area contributed by atoms with E-state index in [1.165, 1.54) is 6.07 Å². The summed E-state index contributed by atoms with van der Waals surface area (Å²) >= 11 is 4.89. The smallest absolute Gasteiger partial charge is 0.254 e. The number of carbonyl (C=O) groups is 1. The molecule has 0 bridgehead atoms. The lowest BCUT2D eigenvalue weighted by Crippen LogP contribution is -2.49. The minimum atomic E-state index is -0.383. The summed E-state index contributed by atoms with van der Waals surface area (Å²) in [6.45, 7) is 3.06. The fourth-order valence-corrected chi connectivity index (χ4v) is 2.12. The Kier molecular flexibility index (Phi) is 4.01. The summed E-state index contributed by atoms with van der Waals surface area (Å²) in [4.78, 5) is 14.3. The molecular formula is C13H16N2O3S. The molecule has 19 heavy (non-hydrogen) atoms. The predicted octanol–water partition coefficient (Wildman–Crippen LogP) is 0.828. The number of aryl methyl sites for hydroxylation is 1. The third kappa shape index (κ3) is 3.02. The number of ether oxygens (including phenoxy) is 1. The van der Waals surface area contributed by atoms with Gasteiger partial charge in [0, 0.05) is 12.1 Å². The quantitative estimate of drug-likeness (QED) is 0.785. The highest BCUT2D eigenvalue weighted by atomic mass is 32.1. The molecule has 0 radical (unpaired) electrons. The predicted molar refractivity (Wildman–Crippen MR) is 75.3 cm³/mol. The molecule has 0 spiro atoms. The van der Waals surface area contributed by atoms with Crippen LogP contribution in [0.15, 0.2) is 18.2 Å². The molecule has 0 aliphatic carbocycles. The number of carbonyl (C=O) groups excluding carboxylic acids is 1. The summed E-state index contributed by atoms with van der Waals surface area (Å²) < 4.78 is 5.40. The maximum Gasteiger partial charge on any atom is 0.254 e. The Labute approximate surface area is 117 Å². The van der Waals surface area contributed by atoms with Crippen molar-refractivity contribution in [2.24, 2.45) is 5.73 Å². The van der Waals surface area contributed by atoms with Gasteiger partial charge < -0.3 is 20.5 Å². The van der Waals surface area contributed by atoms with E-state index in [1.54, 1.807) is 24.0 Å². The van der Waals surface area contributed by atoms with Crippen molar-refractivity contribution in [2.45, 2.75) is 13.0 Å². The number of morpholine rings is 1. The topological polar surface area (TPSA) is 75.8 Å². The van der Waals surface area contributed by atoms with Gasteiger partial charge in [0.1, 0.15) is 16.8 Å². The minimum Gasteiger partial charge on any atom is -0.508 e. The number of nitrogens with zero attached hydrogens (tertiary/aromatic N) is 1. The first-order chi connectivity index (χ1) is 8.99. The Morgan fingerprint density at radius 1 is 1.58 bits per heavy atom. The molecule has 1 aromatic carbocycles. The van der Waals surface area contributed by atoms with E-state index in [1.807, 2.05) is 0 Å². The monoisotopic (exact) mass is 280 g/mol. The molecule has 1 unspecified atom stereocenters. The Balaban J connectivity index is 2.14. The van der Waals surface area contributed by atoms with Gasteiger partial charge in [0.15, 0.2) is 0 Å². The first kappa shape index (κ1) is 13.8. The molecule has 1 aromatic rings. The maximum absolute atomic E-state index is 12.3. The minimum absolute atomic E-state index is 0.104. The number of phenolic OH excluding ortho intramolecular Hbond substituents is 1. The SMILES string of the molecule is Cc1cc(C(=O)N2CCOC(C(N)=S)C2)ccc1O. The molecule has 0 aromatic heterocycles. The number of phenols is 1. The van der Waals surface area contributed by atoms with E-state index < -0.39 is 0 Å². The summed E-state index contributed by atoms with van der Waals surface area (Å²) in [5.41, 5.74) is 6.76. The van der Waals surface area contributed by atoms with E-state index >= 15 is 0 Å². The normalized spacial score (nSPS) is 19.2. The van der Waals surface area contributed by atoms with Gasteiger partial charge in [-0.15, -0.1) is 0 Å². The Bertz CT molecular complexity index is 519. The fraction of sp³-hybridized carbons (Fsp3) is 0.385. The number of thiocarbonyl (C=S) groups is 1. The molecule has 1 amide bonds. The highest BCUT2D eigenvalue weighted by molar-refractivity contribution is 7.80. The molecule has 1 fully saturated rings. The van der Waals surface area contributed by atoms with Crippen LogP contribution in [0.2, 0.25) is 0 Å². The van der Waals surface area contributed by atoms with Crippen molar-refractivity contribution in [1.82, 2.24) is 4.90 Å². The van der Waals surface area contributed by atoms with Crippen LogP contribution in [0.1, 0.15) is 15.9 Å². The second-order valence-corrected chi connectivity index (χ2v) is 4.99. The molecule has 5 nitrogen and oxygen atoms in total. The lowest BCUT2D eigenvalue weighted by Gasteiger charge is -2.32. The molecule has 1 aliphatic heterocycles. The highest BCUT2D eigenvalue weighted by Crippen LogP contribution is 2.19. The number of aromatic hydroxyl groups is 1. The molecule has 1 atom stereocenters. The summed E-state index contributed by atoms with van der Waals surface area (Å²) in [6.07, 6.45) is -0.383. The maximum atomic E-state index is 12.3. The van der Waals surface area contributed by atoms with E-state index in [0.29, 0.717) is 30.8 Å². The molecule has 3 N–H and O–H groups in total. The molecule has 2 rings (SSSR count). The largest absolute Gasteiger partial charge is 0.508 e. The van der Waals surface area contributed by atoms with Gasteiger partial charge in [-0.05, 0) is 30.7 Å². The highest BCUT2D eigenvalue weighted by Gasteiger charge is 2.26. The number of hydrogen-bond acceptors (Lipinski definition) is 4. The second-order valence-electron chi connectivity index (χ2n) is 4.51. The van der Waals surface area contributed by atoms with Crippen LogP contribution in [0.3, 0.4) is 0 Å². The summed E-state index contributed by atoms with van der Waals surface area (Å²) in [6, 6.07) is 4.80. The Morgan fingerprint density at radius 3 is 2.95 bits per heavy atom. The van der Waals surface area contributed by atoms with E-state index in [0.717, 1.165) is 0 Å². The molecule has 1 aliphatic rings. The van der Waals surface area contributed by atoms with Gasteiger partial charge >= 0.3 is 0 Å². The molecule has 0 saturated carbocycles. The van der Waals surface area contributed by atoms with Gasteiger partial charge in [-0.2, -0.15) is 0 Å². The van der Waals surface area contributed by atoms with E-state index in [2.05, 4.69) is 0 Å².